The highest BCUT2D eigenvalue weighted by Gasteiger charge is 2.09. The van der Waals surface area contributed by atoms with E-state index in [1.807, 2.05) is 6.07 Å². The fraction of sp³-hybridized carbons (Fsp3) is 0.647. The van der Waals surface area contributed by atoms with Gasteiger partial charge in [-0.15, -0.1) is 0 Å². The van der Waals surface area contributed by atoms with E-state index in [4.69, 9.17) is 4.74 Å². The highest BCUT2D eigenvalue weighted by molar-refractivity contribution is 9.09. The van der Waals surface area contributed by atoms with Crippen LogP contribution in [0.5, 0.6) is 0 Å². The van der Waals surface area contributed by atoms with E-state index in [0.29, 0.717) is 5.92 Å². The number of hydrogen-bond acceptors (Lipinski definition) is 1. The van der Waals surface area contributed by atoms with Crippen LogP contribution in [0, 0.1) is 11.8 Å². The van der Waals surface area contributed by atoms with E-state index in [1.165, 1.54) is 31.2 Å². The first-order valence-corrected chi connectivity index (χ1v) is 8.52. The zero-order valence-corrected chi connectivity index (χ0v) is 13.9. The van der Waals surface area contributed by atoms with Gasteiger partial charge in [-0.1, -0.05) is 73.0 Å². The van der Waals surface area contributed by atoms with E-state index in [-0.39, 0.29) is 0 Å². The minimum atomic E-state index is 0.655. The third-order valence-corrected chi connectivity index (χ3v) is 3.96. The Bertz CT molecular complexity index is 312. The van der Waals surface area contributed by atoms with Crippen molar-refractivity contribution in [2.75, 3.05) is 11.9 Å². The Labute approximate surface area is 126 Å². The van der Waals surface area contributed by atoms with Gasteiger partial charge >= 0.3 is 0 Å². The molecular weight excluding hydrogens is 300 g/mol. The third kappa shape index (κ3) is 8.43. The molecule has 0 aliphatic rings. The molecule has 2 atom stereocenters. The van der Waals surface area contributed by atoms with Crippen molar-refractivity contribution < 1.29 is 4.74 Å². The number of unbranched alkanes of at least 4 members (excludes halogenated alkanes) is 1. The molecule has 0 unspecified atom stereocenters. The summed E-state index contributed by atoms with van der Waals surface area (Å²) in [6.45, 7) is 6.27. The van der Waals surface area contributed by atoms with Crippen LogP contribution >= 0.6 is 15.9 Å². The van der Waals surface area contributed by atoms with Gasteiger partial charge < -0.3 is 4.74 Å². The largest absolute Gasteiger partial charge is 0.376 e. The molecule has 0 aliphatic carbocycles. The van der Waals surface area contributed by atoms with Crippen LogP contribution in [0.3, 0.4) is 0 Å². The number of benzene rings is 1. The molecule has 1 aromatic carbocycles. The van der Waals surface area contributed by atoms with Gasteiger partial charge in [0.25, 0.3) is 0 Å². The van der Waals surface area contributed by atoms with Gasteiger partial charge in [-0.05, 0) is 30.2 Å². The lowest BCUT2D eigenvalue weighted by molar-refractivity contribution is 0.0842. The summed E-state index contributed by atoms with van der Waals surface area (Å²) in [7, 11) is 0. The van der Waals surface area contributed by atoms with Crippen molar-refractivity contribution in [1.29, 1.82) is 0 Å². The van der Waals surface area contributed by atoms with E-state index >= 15 is 0 Å². The van der Waals surface area contributed by atoms with Crippen molar-refractivity contribution in [1.82, 2.24) is 0 Å². The van der Waals surface area contributed by atoms with Gasteiger partial charge in [0.2, 0.25) is 0 Å². The molecule has 0 heterocycles. The van der Waals surface area contributed by atoms with Gasteiger partial charge in [-0.25, -0.2) is 0 Å². The zero-order valence-electron chi connectivity index (χ0n) is 12.3. The minimum absolute atomic E-state index is 0.655. The standard InChI is InChI=1S/C17H27BrO/c1-15(8-6-7-11-18)12-16(2)13-19-14-17-9-4-3-5-10-17/h3-5,9-10,15-16H,6-8,11-14H2,1-2H3/t15-,16+/m1/s1. The molecule has 1 aromatic rings. The molecule has 1 nitrogen and oxygen atoms in total. The molecule has 0 N–H and O–H groups in total. The van der Waals surface area contributed by atoms with Crippen LogP contribution in [-0.2, 0) is 11.3 Å². The summed E-state index contributed by atoms with van der Waals surface area (Å²) in [6.07, 6.45) is 5.25. The topological polar surface area (TPSA) is 9.23 Å². The highest BCUT2D eigenvalue weighted by Crippen LogP contribution is 2.18. The van der Waals surface area contributed by atoms with E-state index < -0.39 is 0 Å². The molecule has 0 saturated carbocycles. The molecule has 0 saturated heterocycles. The summed E-state index contributed by atoms with van der Waals surface area (Å²) in [4.78, 5) is 0. The second-order valence-electron chi connectivity index (χ2n) is 5.63. The highest BCUT2D eigenvalue weighted by atomic mass is 79.9. The second kappa shape index (κ2) is 10.4. The third-order valence-electron chi connectivity index (χ3n) is 3.40. The summed E-state index contributed by atoms with van der Waals surface area (Å²) < 4.78 is 5.80. The van der Waals surface area contributed by atoms with Crippen LogP contribution in [0.25, 0.3) is 0 Å². The number of alkyl halides is 1. The van der Waals surface area contributed by atoms with Crippen LogP contribution in [0.2, 0.25) is 0 Å². The summed E-state index contributed by atoms with van der Waals surface area (Å²) >= 11 is 3.49. The maximum atomic E-state index is 5.80. The molecule has 19 heavy (non-hydrogen) atoms. The Hall–Kier alpha value is -0.340. The van der Waals surface area contributed by atoms with Crippen LogP contribution in [0.15, 0.2) is 30.3 Å². The molecule has 1 rings (SSSR count). The Kier molecular flexibility index (Phi) is 9.19. The monoisotopic (exact) mass is 326 g/mol. The summed E-state index contributed by atoms with van der Waals surface area (Å²) in [5, 5.41) is 1.13. The zero-order chi connectivity index (χ0) is 13.9. The fourth-order valence-corrected chi connectivity index (χ4v) is 2.81. The van der Waals surface area contributed by atoms with Crippen LogP contribution < -0.4 is 0 Å². The van der Waals surface area contributed by atoms with Gasteiger partial charge in [0, 0.05) is 11.9 Å². The summed E-state index contributed by atoms with van der Waals surface area (Å²) in [5.41, 5.74) is 1.26. The maximum absolute atomic E-state index is 5.80. The summed E-state index contributed by atoms with van der Waals surface area (Å²) in [5.74, 6) is 1.47. The first-order chi connectivity index (χ1) is 9.22. The van der Waals surface area contributed by atoms with Crippen molar-refractivity contribution in [3.05, 3.63) is 35.9 Å². The SMILES string of the molecule is C[C@H](CCCCBr)C[C@H](C)COCc1ccccc1. The molecule has 0 aromatic heterocycles. The van der Waals surface area contributed by atoms with E-state index in [1.54, 1.807) is 0 Å². The number of ether oxygens (including phenoxy) is 1. The number of hydrogen-bond donors (Lipinski definition) is 0. The van der Waals surface area contributed by atoms with Gasteiger partial charge in [0.1, 0.15) is 0 Å². The smallest absolute Gasteiger partial charge is 0.0717 e. The van der Waals surface area contributed by atoms with Gasteiger partial charge in [0.15, 0.2) is 0 Å². The van der Waals surface area contributed by atoms with Gasteiger partial charge in [-0.3, -0.25) is 0 Å². The molecular formula is C17H27BrO. The fourth-order valence-electron chi connectivity index (χ4n) is 2.41. The normalized spacial score (nSPS) is 14.3. The molecule has 0 amide bonds. The lowest BCUT2D eigenvalue weighted by Gasteiger charge is -2.17. The molecule has 0 fully saturated rings. The Morgan fingerprint density at radius 1 is 1.05 bits per heavy atom. The van der Waals surface area contributed by atoms with Crippen molar-refractivity contribution in [2.24, 2.45) is 11.8 Å². The predicted octanol–water partition coefficient (Wildman–Crippen LogP) is 5.43. The Balaban J connectivity index is 2.08. The minimum Gasteiger partial charge on any atom is -0.376 e. The van der Waals surface area contributed by atoms with Crippen LogP contribution in [-0.4, -0.2) is 11.9 Å². The first kappa shape index (κ1) is 16.7. The van der Waals surface area contributed by atoms with Gasteiger partial charge in [0.05, 0.1) is 6.61 Å². The van der Waals surface area contributed by atoms with Crippen molar-refractivity contribution in [3.8, 4) is 0 Å². The molecule has 0 spiro atoms. The maximum Gasteiger partial charge on any atom is 0.0717 e. The number of halogens is 1. The Morgan fingerprint density at radius 3 is 2.47 bits per heavy atom. The number of rotatable bonds is 10. The molecule has 0 bridgehead atoms. The second-order valence-corrected chi connectivity index (χ2v) is 6.42. The molecule has 2 heteroatoms. The lowest BCUT2D eigenvalue weighted by Crippen LogP contribution is -2.10. The van der Waals surface area contributed by atoms with Crippen LogP contribution in [0.1, 0.15) is 45.1 Å². The van der Waals surface area contributed by atoms with E-state index in [0.717, 1.165) is 24.5 Å². The average Bonchev–Trinajstić information content (AvgIpc) is 2.40. The van der Waals surface area contributed by atoms with E-state index in [2.05, 4.69) is 54.0 Å². The summed E-state index contributed by atoms with van der Waals surface area (Å²) in [6, 6.07) is 10.4. The molecule has 0 radical (unpaired) electrons. The van der Waals surface area contributed by atoms with Crippen LogP contribution in [0.4, 0.5) is 0 Å². The quantitative estimate of drug-likeness (QED) is 0.411. The predicted molar refractivity (Wildman–Crippen MR) is 86.7 cm³/mol. The van der Waals surface area contributed by atoms with Crippen molar-refractivity contribution in [2.45, 2.75) is 46.1 Å². The Morgan fingerprint density at radius 2 is 1.79 bits per heavy atom. The van der Waals surface area contributed by atoms with Crippen molar-refractivity contribution in [3.63, 3.8) is 0 Å². The van der Waals surface area contributed by atoms with E-state index in [9.17, 15) is 0 Å². The van der Waals surface area contributed by atoms with Crippen molar-refractivity contribution >= 4 is 15.9 Å². The average molecular weight is 327 g/mol. The molecule has 0 aliphatic heterocycles. The van der Waals surface area contributed by atoms with Gasteiger partial charge in [-0.2, -0.15) is 0 Å². The molecule has 108 valence electrons. The lowest BCUT2D eigenvalue weighted by atomic mass is 9.93. The first-order valence-electron chi connectivity index (χ1n) is 7.40.